The van der Waals surface area contributed by atoms with Gasteiger partial charge in [-0.2, -0.15) is 0 Å². The molecule has 1 rings (SSSR count). The van der Waals surface area contributed by atoms with Crippen molar-refractivity contribution < 1.29 is 14.3 Å². The standard InChI is InChI=1S/C12H13NO3/c1-8(14)10(12(15)16-2)11(13)9-6-4-3-5-7-9/h3-7,10,13H,1-2H3. The number of ketones is 1. The van der Waals surface area contributed by atoms with E-state index in [0.717, 1.165) is 0 Å². The van der Waals surface area contributed by atoms with Crippen LogP contribution in [0, 0.1) is 11.3 Å². The van der Waals surface area contributed by atoms with E-state index in [2.05, 4.69) is 4.74 Å². The minimum absolute atomic E-state index is 0.0278. The van der Waals surface area contributed by atoms with Crippen molar-refractivity contribution in [3.8, 4) is 0 Å². The number of esters is 1. The third kappa shape index (κ3) is 2.53. The zero-order valence-electron chi connectivity index (χ0n) is 9.19. The summed E-state index contributed by atoms with van der Waals surface area (Å²) in [6.07, 6.45) is 0. The lowest BCUT2D eigenvalue weighted by Crippen LogP contribution is -2.31. The van der Waals surface area contributed by atoms with Gasteiger partial charge in [-0.25, -0.2) is 0 Å². The van der Waals surface area contributed by atoms with Crippen molar-refractivity contribution in [2.45, 2.75) is 6.92 Å². The van der Waals surface area contributed by atoms with Gasteiger partial charge in [-0.1, -0.05) is 30.3 Å². The normalized spacial score (nSPS) is 11.6. The molecule has 16 heavy (non-hydrogen) atoms. The maximum absolute atomic E-state index is 11.4. The summed E-state index contributed by atoms with van der Waals surface area (Å²) in [5.74, 6) is -2.21. The van der Waals surface area contributed by atoms with Crippen LogP contribution >= 0.6 is 0 Å². The highest BCUT2D eigenvalue weighted by atomic mass is 16.5. The molecule has 1 unspecified atom stereocenters. The molecule has 1 aromatic rings. The van der Waals surface area contributed by atoms with Gasteiger partial charge in [-0.3, -0.25) is 9.59 Å². The Bertz CT molecular complexity index is 412. The van der Waals surface area contributed by atoms with E-state index >= 15 is 0 Å². The van der Waals surface area contributed by atoms with Crippen LogP contribution in [0.15, 0.2) is 30.3 Å². The zero-order chi connectivity index (χ0) is 12.1. The Labute approximate surface area is 93.7 Å². The molecule has 0 radical (unpaired) electrons. The number of carbonyl (C=O) groups is 2. The number of hydrogen-bond acceptors (Lipinski definition) is 4. The molecule has 4 nitrogen and oxygen atoms in total. The summed E-state index contributed by atoms with van der Waals surface area (Å²) in [4.78, 5) is 22.7. The maximum atomic E-state index is 11.4. The Morgan fingerprint density at radius 3 is 2.25 bits per heavy atom. The largest absolute Gasteiger partial charge is 0.468 e. The highest BCUT2D eigenvalue weighted by Gasteiger charge is 2.29. The van der Waals surface area contributed by atoms with E-state index in [-0.39, 0.29) is 11.5 Å². The first-order chi connectivity index (χ1) is 7.57. The molecule has 1 N–H and O–H groups in total. The summed E-state index contributed by atoms with van der Waals surface area (Å²) in [5, 5.41) is 7.83. The molecule has 0 aliphatic heterocycles. The van der Waals surface area contributed by atoms with E-state index in [1.54, 1.807) is 30.3 Å². The van der Waals surface area contributed by atoms with Crippen LogP contribution in [0.2, 0.25) is 0 Å². The average Bonchev–Trinajstić information content (AvgIpc) is 2.29. The molecule has 0 aliphatic rings. The van der Waals surface area contributed by atoms with Crippen molar-refractivity contribution >= 4 is 17.5 Å². The highest BCUT2D eigenvalue weighted by molar-refractivity contribution is 6.22. The molecule has 0 fully saturated rings. The van der Waals surface area contributed by atoms with Crippen LogP contribution in [0.5, 0.6) is 0 Å². The third-order valence-corrected chi connectivity index (χ3v) is 2.22. The number of nitrogens with one attached hydrogen (secondary N) is 1. The minimum atomic E-state index is -1.13. The van der Waals surface area contributed by atoms with Gasteiger partial charge in [0.25, 0.3) is 0 Å². The molecule has 1 atom stereocenters. The van der Waals surface area contributed by atoms with Crippen molar-refractivity contribution in [3.63, 3.8) is 0 Å². The molecule has 4 heteroatoms. The zero-order valence-corrected chi connectivity index (χ0v) is 9.19. The first-order valence-electron chi connectivity index (χ1n) is 4.80. The molecule has 0 heterocycles. The number of hydrogen-bond donors (Lipinski definition) is 1. The smallest absolute Gasteiger partial charge is 0.322 e. The van der Waals surface area contributed by atoms with Crippen LogP contribution in [0.3, 0.4) is 0 Å². The predicted molar refractivity (Wildman–Crippen MR) is 59.5 cm³/mol. The molecule has 0 saturated carbocycles. The molecule has 0 amide bonds. The van der Waals surface area contributed by atoms with Gasteiger partial charge >= 0.3 is 5.97 Å². The second-order valence-corrected chi connectivity index (χ2v) is 3.35. The second kappa shape index (κ2) is 5.21. The van der Waals surface area contributed by atoms with Crippen LogP contribution in [-0.4, -0.2) is 24.6 Å². The van der Waals surface area contributed by atoms with Crippen molar-refractivity contribution in [1.29, 1.82) is 5.41 Å². The highest BCUT2D eigenvalue weighted by Crippen LogP contribution is 2.11. The fourth-order valence-corrected chi connectivity index (χ4v) is 1.39. The molecular weight excluding hydrogens is 206 g/mol. The van der Waals surface area contributed by atoms with Gasteiger partial charge in [0.05, 0.1) is 12.8 Å². The summed E-state index contributed by atoms with van der Waals surface area (Å²) in [7, 11) is 1.20. The Balaban J connectivity index is 3.02. The summed E-state index contributed by atoms with van der Waals surface area (Å²) in [6.45, 7) is 1.28. The first kappa shape index (κ1) is 12.1. The Morgan fingerprint density at radius 1 is 1.25 bits per heavy atom. The van der Waals surface area contributed by atoms with Crippen molar-refractivity contribution in [3.05, 3.63) is 35.9 Å². The average molecular weight is 219 g/mol. The van der Waals surface area contributed by atoms with Gasteiger partial charge in [-0.15, -0.1) is 0 Å². The molecule has 0 spiro atoms. The van der Waals surface area contributed by atoms with Crippen molar-refractivity contribution in [2.24, 2.45) is 5.92 Å². The molecular formula is C12H13NO3. The van der Waals surface area contributed by atoms with Crippen molar-refractivity contribution in [2.75, 3.05) is 7.11 Å². The number of ether oxygens (including phenoxy) is 1. The van der Waals surface area contributed by atoms with Gasteiger partial charge in [0.1, 0.15) is 5.78 Å². The summed E-state index contributed by atoms with van der Waals surface area (Å²) in [6, 6.07) is 8.66. The lowest BCUT2D eigenvalue weighted by atomic mass is 9.93. The SMILES string of the molecule is COC(=O)C(C(=N)c1ccccc1)C(C)=O. The molecule has 0 aromatic heterocycles. The number of rotatable bonds is 4. The van der Waals surface area contributed by atoms with Crippen LogP contribution in [0.25, 0.3) is 0 Å². The molecule has 1 aromatic carbocycles. The number of methoxy groups -OCH3 is 1. The fraction of sp³-hybridized carbons (Fsp3) is 0.250. The quantitative estimate of drug-likeness (QED) is 0.473. The van der Waals surface area contributed by atoms with Crippen LogP contribution in [0.1, 0.15) is 12.5 Å². The number of benzene rings is 1. The minimum Gasteiger partial charge on any atom is -0.468 e. The monoisotopic (exact) mass is 219 g/mol. The van der Waals surface area contributed by atoms with E-state index in [1.807, 2.05) is 0 Å². The summed E-state index contributed by atoms with van der Waals surface area (Å²) < 4.78 is 4.52. The van der Waals surface area contributed by atoms with Gasteiger partial charge in [0.2, 0.25) is 0 Å². The number of carbonyl (C=O) groups excluding carboxylic acids is 2. The Morgan fingerprint density at radius 2 is 1.81 bits per heavy atom. The van der Waals surface area contributed by atoms with Crippen LogP contribution in [0.4, 0.5) is 0 Å². The van der Waals surface area contributed by atoms with Gasteiger partial charge in [0, 0.05) is 0 Å². The molecule has 0 bridgehead atoms. The second-order valence-electron chi connectivity index (χ2n) is 3.35. The topological polar surface area (TPSA) is 67.2 Å². The Kier molecular flexibility index (Phi) is 3.94. The van der Waals surface area contributed by atoms with E-state index in [9.17, 15) is 9.59 Å². The fourth-order valence-electron chi connectivity index (χ4n) is 1.39. The lowest BCUT2D eigenvalue weighted by Gasteiger charge is -2.12. The van der Waals surface area contributed by atoms with E-state index in [1.165, 1.54) is 14.0 Å². The molecule has 0 saturated heterocycles. The van der Waals surface area contributed by atoms with E-state index in [0.29, 0.717) is 5.56 Å². The number of Topliss-reactive ketones (excluding diaryl/α,β-unsaturated/α-hetero) is 1. The first-order valence-corrected chi connectivity index (χ1v) is 4.80. The van der Waals surface area contributed by atoms with Crippen LogP contribution in [-0.2, 0) is 14.3 Å². The maximum Gasteiger partial charge on any atom is 0.322 e. The van der Waals surface area contributed by atoms with Gasteiger partial charge < -0.3 is 10.1 Å². The molecule has 0 aliphatic carbocycles. The third-order valence-electron chi connectivity index (χ3n) is 2.22. The van der Waals surface area contributed by atoms with Gasteiger partial charge in [0.15, 0.2) is 5.92 Å². The summed E-state index contributed by atoms with van der Waals surface area (Å²) in [5.41, 5.74) is 0.521. The van der Waals surface area contributed by atoms with E-state index in [4.69, 9.17) is 5.41 Å². The lowest BCUT2D eigenvalue weighted by molar-refractivity contribution is -0.145. The Hall–Kier alpha value is -1.97. The predicted octanol–water partition coefficient (Wildman–Crippen LogP) is 1.43. The van der Waals surface area contributed by atoms with E-state index < -0.39 is 11.9 Å². The van der Waals surface area contributed by atoms with Gasteiger partial charge in [-0.05, 0) is 12.5 Å². The van der Waals surface area contributed by atoms with Crippen LogP contribution < -0.4 is 0 Å². The van der Waals surface area contributed by atoms with Crippen molar-refractivity contribution in [1.82, 2.24) is 0 Å². The molecule has 84 valence electrons. The summed E-state index contributed by atoms with van der Waals surface area (Å²) >= 11 is 0.